The molecule has 0 aliphatic rings. The molecule has 2 atom stereocenters. The van der Waals surface area contributed by atoms with Crippen LogP contribution in [-0.2, 0) is 4.79 Å². The van der Waals surface area contributed by atoms with Crippen LogP contribution in [0.15, 0.2) is 36.4 Å². The highest BCUT2D eigenvalue weighted by Crippen LogP contribution is 2.41. The molecule has 1 unspecified atom stereocenters. The molecule has 0 aliphatic carbocycles. The standard InChI is InChI=1S/C24H23ClF3NO5/c1-5-12(2)20(23(31)32)21-13(3)29(18-11-17(25)19(33-4)10-16(18)21)22(30)14-6-8-15(9-7-14)34-24(26,27)28/h6-12,20H,5H2,1-4H3,(H,31,32)/t12?,20-/m0/s1. The van der Waals surface area contributed by atoms with Gasteiger partial charge in [0.15, 0.2) is 0 Å². The van der Waals surface area contributed by atoms with Gasteiger partial charge in [-0.15, -0.1) is 13.2 Å². The lowest BCUT2D eigenvalue weighted by Crippen LogP contribution is -2.21. The van der Waals surface area contributed by atoms with E-state index in [-0.39, 0.29) is 16.5 Å². The number of nitrogens with zero attached hydrogens (tertiary/aromatic N) is 1. The van der Waals surface area contributed by atoms with Crippen molar-refractivity contribution in [2.75, 3.05) is 7.11 Å². The zero-order valence-electron chi connectivity index (χ0n) is 18.9. The zero-order chi connectivity index (χ0) is 25.4. The van der Waals surface area contributed by atoms with Gasteiger partial charge in [0.2, 0.25) is 0 Å². The van der Waals surface area contributed by atoms with Crippen LogP contribution in [0.3, 0.4) is 0 Å². The fraction of sp³-hybridized carbons (Fsp3) is 0.333. The first-order valence-electron chi connectivity index (χ1n) is 10.4. The number of hydrogen-bond donors (Lipinski definition) is 1. The fourth-order valence-corrected chi connectivity index (χ4v) is 4.30. The Morgan fingerprint density at radius 2 is 1.79 bits per heavy atom. The number of fused-ring (bicyclic) bond motifs is 1. The molecule has 0 saturated heterocycles. The summed E-state index contributed by atoms with van der Waals surface area (Å²) >= 11 is 6.31. The van der Waals surface area contributed by atoms with Gasteiger partial charge in [-0.3, -0.25) is 14.2 Å². The highest BCUT2D eigenvalue weighted by molar-refractivity contribution is 6.33. The molecule has 1 heterocycles. The normalized spacial score (nSPS) is 13.5. The summed E-state index contributed by atoms with van der Waals surface area (Å²) in [5.41, 5.74) is 1.31. The van der Waals surface area contributed by atoms with Gasteiger partial charge in [0.05, 0.1) is 23.6 Å². The molecule has 182 valence electrons. The van der Waals surface area contributed by atoms with Crippen LogP contribution in [0.1, 0.15) is 47.8 Å². The molecule has 0 bridgehead atoms. The monoisotopic (exact) mass is 497 g/mol. The molecular formula is C24H23ClF3NO5. The Morgan fingerprint density at radius 3 is 2.29 bits per heavy atom. The predicted molar refractivity (Wildman–Crippen MR) is 121 cm³/mol. The zero-order valence-corrected chi connectivity index (χ0v) is 19.6. The van der Waals surface area contributed by atoms with E-state index in [1.165, 1.54) is 29.9 Å². The summed E-state index contributed by atoms with van der Waals surface area (Å²) in [6.07, 6.45) is -4.27. The van der Waals surface area contributed by atoms with Crippen LogP contribution in [0.5, 0.6) is 11.5 Å². The van der Waals surface area contributed by atoms with Crippen molar-refractivity contribution in [2.45, 2.75) is 39.5 Å². The minimum atomic E-state index is -4.86. The molecule has 1 N–H and O–H groups in total. The number of halogens is 4. The molecule has 10 heteroatoms. The Labute approximate surface area is 198 Å². The van der Waals surface area contributed by atoms with Gasteiger partial charge in [-0.2, -0.15) is 0 Å². The number of carboxylic acids is 1. The van der Waals surface area contributed by atoms with Crippen molar-refractivity contribution >= 4 is 34.4 Å². The van der Waals surface area contributed by atoms with Gasteiger partial charge in [0.1, 0.15) is 11.5 Å². The number of aliphatic carboxylic acids is 1. The number of carbonyl (C=O) groups excluding carboxylic acids is 1. The Bertz CT molecular complexity index is 1230. The lowest BCUT2D eigenvalue weighted by Gasteiger charge is -2.20. The smallest absolute Gasteiger partial charge is 0.495 e. The van der Waals surface area contributed by atoms with E-state index in [1.54, 1.807) is 13.0 Å². The molecule has 2 aromatic carbocycles. The van der Waals surface area contributed by atoms with Gasteiger partial charge in [0.25, 0.3) is 5.91 Å². The molecule has 0 spiro atoms. The largest absolute Gasteiger partial charge is 0.573 e. The molecule has 0 fully saturated rings. The first-order valence-corrected chi connectivity index (χ1v) is 10.8. The van der Waals surface area contributed by atoms with Crippen LogP contribution >= 0.6 is 11.6 Å². The SMILES string of the molecule is CCC(C)[C@H](C(=O)O)c1c(C)n(C(=O)c2ccc(OC(F)(F)F)cc2)c2cc(Cl)c(OC)cc12. The van der Waals surface area contributed by atoms with Gasteiger partial charge in [-0.1, -0.05) is 31.9 Å². The van der Waals surface area contributed by atoms with Gasteiger partial charge < -0.3 is 14.6 Å². The number of alkyl halides is 3. The number of carboxylic acid groups (broad SMARTS) is 1. The average molecular weight is 498 g/mol. The first kappa shape index (κ1) is 25.4. The lowest BCUT2D eigenvalue weighted by molar-refractivity contribution is -0.274. The topological polar surface area (TPSA) is 77.8 Å². The summed E-state index contributed by atoms with van der Waals surface area (Å²) in [6.45, 7) is 5.32. The third-order valence-electron chi connectivity index (χ3n) is 5.85. The van der Waals surface area contributed by atoms with Crippen LogP contribution in [-0.4, -0.2) is 35.0 Å². The summed E-state index contributed by atoms with van der Waals surface area (Å²) in [6, 6.07) is 7.62. The van der Waals surface area contributed by atoms with Crippen LogP contribution in [0, 0.1) is 12.8 Å². The minimum absolute atomic E-state index is 0.0865. The van der Waals surface area contributed by atoms with Crippen molar-refractivity contribution in [3.63, 3.8) is 0 Å². The Kier molecular flexibility index (Phi) is 7.16. The Balaban J connectivity index is 2.23. The van der Waals surface area contributed by atoms with E-state index < -0.39 is 29.9 Å². The van der Waals surface area contributed by atoms with Gasteiger partial charge >= 0.3 is 12.3 Å². The van der Waals surface area contributed by atoms with E-state index in [1.807, 2.05) is 13.8 Å². The average Bonchev–Trinajstić information content (AvgIpc) is 3.02. The molecule has 6 nitrogen and oxygen atoms in total. The van der Waals surface area contributed by atoms with Crippen molar-refractivity contribution < 1.29 is 37.3 Å². The number of benzene rings is 2. The van der Waals surface area contributed by atoms with E-state index in [0.717, 1.165) is 12.1 Å². The third-order valence-corrected chi connectivity index (χ3v) is 6.15. The maximum Gasteiger partial charge on any atom is 0.573 e. The molecule has 1 aromatic heterocycles. The third kappa shape index (κ3) is 4.84. The van der Waals surface area contributed by atoms with E-state index >= 15 is 0 Å². The van der Waals surface area contributed by atoms with Gasteiger partial charge in [-0.25, -0.2) is 0 Å². The molecule has 0 amide bonds. The van der Waals surface area contributed by atoms with Crippen LogP contribution in [0.25, 0.3) is 10.9 Å². The van der Waals surface area contributed by atoms with Crippen molar-refractivity contribution in [1.29, 1.82) is 0 Å². The second-order valence-corrected chi connectivity index (χ2v) is 8.32. The highest BCUT2D eigenvalue weighted by atomic mass is 35.5. The van der Waals surface area contributed by atoms with Gasteiger partial charge in [0, 0.05) is 16.6 Å². The number of rotatable bonds is 7. The van der Waals surface area contributed by atoms with Gasteiger partial charge in [-0.05, 0) is 54.8 Å². The molecule has 34 heavy (non-hydrogen) atoms. The number of carbonyl (C=O) groups is 2. The summed E-state index contributed by atoms with van der Waals surface area (Å²) < 4.78 is 47.9. The number of ether oxygens (including phenoxy) is 2. The second-order valence-electron chi connectivity index (χ2n) is 7.92. The minimum Gasteiger partial charge on any atom is -0.495 e. The molecule has 0 aliphatic heterocycles. The van der Waals surface area contributed by atoms with Crippen LogP contribution in [0.2, 0.25) is 5.02 Å². The van der Waals surface area contributed by atoms with Crippen molar-refractivity contribution in [3.05, 3.63) is 58.2 Å². The van der Waals surface area contributed by atoms with Crippen molar-refractivity contribution in [2.24, 2.45) is 5.92 Å². The number of aromatic nitrogens is 1. The molecule has 0 radical (unpaired) electrons. The summed E-state index contributed by atoms with van der Waals surface area (Å²) in [5, 5.41) is 10.7. The molecule has 3 rings (SSSR count). The maximum atomic E-state index is 13.5. The quantitative estimate of drug-likeness (QED) is 0.408. The van der Waals surface area contributed by atoms with Crippen molar-refractivity contribution in [1.82, 2.24) is 4.57 Å². The maximum absolute atomic E-state index is 13.5. The lowest BCUT2D eigenvalue weighted by atomic mass is 9.84. The molecule has 3 aromatic rings. The first-order chi connectivity index (χ1) is 15.9. The number of methoxy groups -OCH3 is 1. The summed E-state index contributed by atoms with van der Waals surface area (Å²) in [7, 11) is 1.43. The van der Waals surface area contributed by atoms with E-state index in [4.69, 9.17) is 16.3 Å². The fourth-order valence-electron chi connectivity index (χ4n) is 4.07. The van der Waals surface area contributed by atoms with Crippen molar-refractivity contribution in [3.8, 4) is 11.5 Å². The Hall–Kier alpha value is -3.20. The highest BCUT2D eigenvalue weighted by Gasteiger charge is 2.34. The van der Waals surface area contributed by atoms with Crippen LogP contribution in [0.4, 0.5) is 13.2 Å². The molecule has 0 saturated carbocycles. The van der Waals surface area contributed by atoms with Crippen LogP contribution < -0.4 is 9.47 Å². The summed E-state index contributed by atoms with van der Waals surface area (Å²) in [4.78, 5) is 25.7. The molecular weight excluding hydrogens is 475 g/mol. The number of hydrogen-bond acceptors (Lipinski definition) is 4. The van der Waals surface area contributed by atoms with E-state index in [2.05, 4.69) is 4.74 Å². The van der Waals surface area contributed by atoms with E-state index in [0.29, 0.717) is 34.3 Å². The Morgan fingerprint density at radius 1 is 1.18 bits per heavy atom. The summed E-state index contributed by atoms with van der Waals surface area (Å²) in [5.74, 6) is -2.88. The van der Waals surface area contributed by atoms with E-state index in [9.17, 15) is 27.9 Å². The predicted octanol–water partition coefficient (Wildman–Crippen LogP) is 6.41. The second kappa shape index (κ2) is 9.58.